The summed E-state index contributed by atoms with van der Waals surface area (Å²) in [5.41, 5.74) is 4.19. The summed E-state index contributed by atoms with van der Waals surface area (Å²) in [5, 5.41) is 3.01. The van der Waals surface area contributed by atoms with Crippen LogP contribution in [-0.2, 0) is 0 Å². The molecule has 2 heterocycles. The fourth-order valence-corrected chi connectivity index (χ4v) is 2.90. The van der Waals surface area contributed by atoms with E-state index in [0.29, 0.717) is 17.4 Å². The first kappa shape index (κ1) is 13.4. The third-order valence-electron chi connectivity index (χ3n) is 4.42. The van der Waals surface area contributed by atoms with E-state index < -0.39 is 0 Å². The molecule has 0 atom stereocenters. The fourth-order valence-electron chi connectivity index (χ4n) is 2.90. The smallest absolute Gasteiger partial charge is 0.258 e. The van der Waals surface area contributed by atoms with Crippen molar-refractivity contribution in [2.75, 3.05) is 5.32 Å². The van der Waals surface area contributed by atoms with Gasteiger partial charge in [0.05, 0.1) is 5.56 Å². The average molecular weight is 293 g/mol. The van der Waals surface area contributed by atoms with E-state index >= 15 is 0 Å². The Morgan fingerprint density at radius 2 is 2.00 bits per heavy atom. The van der Waals surface area contributed by atoms with Crippen molar-refractivity contribution < 1.29 is 4.79 Å². The molecule has 4 heteroatoms. The number of pyridine rings is 2. The second-order valence-corrected chi connectivity index (χ2v) is 6.37. The van der Waals surface area contributed by atoms with Gasteiger partial charge in [-0.3, -0.25) is 9.78 Å². The molecule has 4 nitrogen and oxygen atoms in total. The van der Waals surface area contributed by atoms with E-state index in [1.165, 1.54) is 36.8 Å². The van der Waals surface area contributed by atoms with Crippen molar-refractivity contribution in [3.8, 4) is 0 Å². The molecule has 112 valence electrons. The molecule has 2 aliphatic rings. The van der Waals surface area contributed by atoms with Gasteiger partial charge in [-0.05, 0) is 61.8 Å². The van der Waals surface area contributed by atoms with Crippen LogP contribution in [0.5, 0.6) is 0 Å². The zero-order valence-corrected chi connectivity index (χ0v) is 12.7. The molecule has 2 aliphatic carbocycles. The number of aryl methyl sites for hydroxylation is 1. The van der Waals surface area contributed by atoms with Gasteiger partial charge in [0.15, 0.2) is 0 Å². The summed E-state index contributed by atoms with van der Waals surface area (Å²) < 4.78 is 0. The highest BCUT2D eigenvalue weighted by molar-refractivity contribution is 6.04. The van der Waals surface area contributed by atoms with Crippen molar-refractivity contribution in [2.24, 2.45) is 0 Å². The molecular formula is C18H19N3O. The van der Waals surface area contributed by atoms with Gasteiger partial charge in [-0.15, -0.1) is 0 Å². The summed E-state index contributed by atoms with van der Waals surface area (Å²) in [6.45, 7) is 2.14. The molecule has 0 aromatic carbocycles. The Hall–Kier alpha value is -2.23. The zero-order chi connectivity index (χ0) is 15.1. The minimum atomic E-state index is -0.131. The van der Waals surface area contributed by atoms with Crippen molar-refractivity contribution in [1.29, 1.82) is 0 Å². The van der Waals surface area contributed by atoms with E-state index in [4.69, 9.17) is 4.98 Å². The number of nitrogens with zero attached hydrogens (tertiary/aromatic N) is 2. The summed E-state index contributed by atoms with van der Waals surface area (Å²) in [6, 6.07) is 5.78. The molecule has 0 spiro atoms. The number of hydrogen-bond acceptors (Lipinski definition) is 3. The summed E-state index contributed by atoms with van der Waals surface area (Å²) in [4.78, 5) is 21.2. The number of nitrogens with one attached hydrogen (secondary N) is 1. The largest absolute Gasteiger partial charge is 0.306 e. The number of aromatic nitrogens is 2. The monoisotopic (exact) mass is 293 g/mol. The molecule has 0 saturated heterocycles. The van der Waals surface area contributed by atoms with Gasteiger partial charge in [0.1, 0.15) is 5.82 Å². The first-order valence-corrected chi connectivity index (χ1v) is 7.95. The summed E-state index contributed by atoms with van der Waals surface area (Å²) >= 11 is 0. The van der Waals surface area contributed by atoms with Crippen molar-refractivity contribution in [1.82, 2.24) is 9.97 Å². The molecule has 22 heavy (non-hydrogen) atoms. The molecule has 1 N–H and O–H groups in total. The lowest BCUT2D eigenvalue weighted by Crippen LogP contribution is -2.15. The number of carbonyl (C=O) groups is 1. The van der Waals surface area contributed by atoms with Crippen molar-refractivity contribution in [3.05, 3.63) is 53.0 Å². The van der Waals surface area contributed by atoms with Crippen LogP contribution in [0, 0.1) is 6.92 Å². The van der Waals surface area contributed by atoms with E-state index in [1.54, 1.807) is 24.5 Å². The average Bonchev–Trinajstić information content (AvgIpc) is 3.40. The zero-order valence-electron chi connectivity index (χ0n) is 12.7. The van der Waals surface area contributed by atoms with Crippen LogP contribution in [-0.4, -0.2) is 15.9 Å². The predicted molar refractivity (Wildman–Crippen MR) is 85.1 cm³/mol. The predicted octanol–water partition coefficient (Wildman–Crippen LogP) is 3.79. The van der Waals surface area contributed by atoms with Crippen LogP contribution in [0.3, 0.4) is 0 Å². The van der Waals surface area contributed by atoms with Crippen LogP contribution in [0.4, 0.5) is 5.82 Å². The topological polar surface area (TPSA) is 54.9 Å². The van der Waals surface area contributed by atoms with Crippen LogP contribution in [0.15, 0.2) is 30.6 Å². The maximum atomic E-state index is 12.4. The summed E-state index contributed by atoms with van der Waals surface area (Å²) in [7, 11) is 0. The maximum Gasteiger partial charge on any atom is 0.258 e. The molecule has 2 saturated carbocycles. The molecule has 4 rings (SSSR count). The molecule has 2 aromatic heterocycles. The van der Waals surface area contributed by atoms with Crippen molar-refractivity contribution in [3.63, 3.8) is 0 Å². The lowest BCUT2D eigenvalue weighted by atomic mass is 10.0. The molecular weight excluding hydrogens is 274 g/mol. The van der Waals surface area contributed by atoms with E-state index in [0.717, 1.165) is 11.5 Å². The molecule has 1 amide bonds. The lowest BCUT2D eigenvalue weighted by Gasteiger charge is -2.14. The summed E-state index contributed by atoms with van der Waals surface area (Å²) in [6.07, 6.45) is 8.07. The van der Waals surface area contributed by atoms with Gasteiger partial charge in [0.25, 0.3) is 5.91 Å². The number of rotatable bonds is 4. The lowest BCUT2D eigenvalue weighted by molar-refractivity contribution is 0.102. The first-order valence-electron chi connectivity index (χ1n) is 7.95. The number of anilines is 1. The van der Waals surface area contributed by atoms with Gasteiger partial charge in [0.2, 0.25) is 0 Å². The molecule has 0 aliphatic heterocycles. The molecule has 0 radical (unpaired) electrons. The van der Waals surface area contributed by atoms with Crippen molar-refractivity contribution in [2.45, 2.75) is 44.4 Å². The molecule has 2 aromatic rings. The minimum absolute atomic E-state index is 0.131. The highest BCUT2D eigenvalue weighted by Gasteiger charge is 2.32. The SMILES string of the molecule is Cc1cc(C2CC2)c(NC(=O)c2cccnc2)nc1C1CC1. The van der Waals surface area contributed by atoms with Crippen LogP contribution in [0.2, 0.25) is 0 Å². The Bertz CT molecular complexity index is 719. The maximum absolute atomic E-state index is 12.4. The van der Waals surface area contributed by atoms with E-state index in [-0.39, 0.29) is 5.91 Å². The van der Waals surface area contributed by atoms with Gasteiger partial charge in [0, 0.05) is 24.0 Å². The van der Waals surface area contributed by atoms with E-state index in [2.05, 4.69) is 23.3 Å². The first-order chi connectivity index (χ1) is 10.7. The normalized spacial score (nSPS) is 17.3. The van der Waals surface area contributed by atoms with Gasteiger partial charge < -0.3 is 5.32 Å². The fraction of sp³-hybridized carbons (Fsp3) is 0.389. The Kier molecular flexibility index (Phi) is 3.17. The second-order valence-electron chi connectivity index (χ2n) is 6.37. The third-order valence-corrected chi connectivity index (χ3v) is 4.42. The standard InChI is InChI=1S/C18H19N3O/c1-11-9-15(12-4-5-12)17(20-16(11)13-6-7-13)21-18(22)14-3-2-8-19-10-14/h2-3,8-10,12-13H,4-7H2,1H3,(H,20,21,22). The van der Waals surface area contributed by atoms with Crippen LogP contribution in [0.25, 0.3) is 0 Å². The van der Waals surface area contributed by atoms with Gasteiger partial charge in [-0.25, -0.2) is 4.98 Å². The Morgan fingerprint density at radius 1 is 1.23 bits per heavy atom. The van der Waals surface area contributed by atoms with Crippen LogP contribution in [0.1, 0.15) is 64.7 Å². The quantitative estimate of drug-likeness (QED) is 0.933. The van der Waals surface area contributed by atoms with Gasteiger partial charge >= 0.3 is 0 Å². The highest BCUT2D eigenvalue weighted by Crippen LogP contribution is 2.46. The molecule has 2 fully saturated rings. The van der Waals surface area contributed by atoms with Crippen molar-refractivity contribution >= 4 is 11.7 Å². The third kappa shape index (κ3) is 2.61. The Balaban J connectivity index is 1.67. The van der Waals surface area contributed by atoms with Gasteiger partial charge in [-0.2, -0.15) is 0 Å². The summed E-state index contributed by atoms with van der Waals surface area (Å²) in [5.74, 6) is 1.77. The number of hydrogen-bond donors (Lipinski definition) is 1. The minimum Gasteiger partial charge on any atom is -0.306 e. The van der Waals surface area contributed by atoms with E-state index in [9.17, 15) is 4.79 Å². The molecule has 0 unspecified atom stereocenters. The highest BCUT2D eigenvalue weighted by atomic mass is 16.1. The van der Waals surface area contributed by atoms with E-state index in [1.807, 2.05) is 0 Å². The molecule has 0 bridgehead atoms. The Morgan fingerprint density at radius 3 is 2.64 bits per heavy atom. The number of carbonyl (C=O) groups excluding carboxylic acids is 1. The van der Waals surface area contributed by atoms with Crippen LogP contribution < -0.4 is 5.32 Å². The Labute approximate surface area is 130 Å². The second kappa shape index (κ2) is 5.20. The van der Waals surface area contributed by atoms with Crippen LogP contribution >= 0.6 is 0 Å². The number of amides is 1. The van der Waals surface area contributed by atoms with Gasteiger partial charge in [-0.1, -0.05) is 6.07 Å².